The molecule has 0 aliphatic carbocycles. The predicted molar refractivity (Wildman–Crippen MR) is 84.9 cm³/mol. The van der Waals surface area contributed by atoms with Gasteiger partial charge in [0.15, 0.2) is 0 Å². The van der Waals surface area contributed by atoms with Crippen molar-refractivity contribution in [3.63, 3.8) is 0 Å². The Morgan fingerprint density at radius 2 is 2.10 bits per heavy atom. The molecule has 0 spiro atoms. The first kappa shape index (κ1) is 16.0. The summed E-state index contributed by atoms with van der Waals surface area (Å²) < 4.78 is 1.88. The van der Waals surface area contributed by atoms with Crippen molar-refractivity contribution in [2.45, 2.75) is 12.6 Å². The summed E-state index contributed by atoms with van der Waals surface area (Å²) in [5.74, 6) is 0.305. The highest BCUT2D eigenvalue weighted by Gasteiger charge is 2.23. The summed E-state index contributed by atoms with van der Waals surface area (Å²) in [7, 11) is 0. The Morgan fingerprint density at radius 3 is 2.81 bits per heavy atom. The van der Waals surface area contributed by atoms with Crippen LogP contribution in [0, 0.1) is 5.92 Å². The second kappa shape index (κ2) is 7.56. The van der Waals surface area contributed by atoms with E-state index in [1.54, 1.807) is 0 Å². The van der Waals surface area contributed by atoms with E-state index in [9.17, 15) is 5.11 Å². The van der Waals surface area contributed by atoms with E-state index < -0.39 is 0 Å². The van der Waals surface area contributed by atoms with Gasteiger partial charge in [-0.1, -0.05) is 18.2 Å². The molecule has 0 radical (unpaired) electrons. The Bertz CT molecular complexity index is 546. The fourth-order valence-electron chi connectivity index (χ4n) is 2.50. The van der Waals surface area contributed by atoms with Crippen LogP contribution in [-0.2, 0) is 6.54 Å². The number of nitrogens with one attached hydrogen (secondary N) is 2. The molecule has 0 saturated carbocycles. The molecule has 3 N–H and O–H groups in total. The van der Waals surface area contributed by atoms with Gasteiger partial charge in [-0.3, -0.25) is 0 Å². The topological polar surface area (TPSA) is 62.1 Å². The van der Waals surface area contributed by atoms with Crippen molar-refractivity contribution in [2.24, 2.45) is 5.92 Å². The van der Waals surface area contributed by atoms with Crippen molar-refractivity contribution in [1.82, 2.24) is 20.4 Å². The summed E-state index contributed by atoms with van der Waals surface area (Å²) in [6, 6.07) is 10.1. The summed E-state index contributed by atoms with van der Waals surface area (Å²) in [6.07, 6.45) is 3.68. The maximum atomic E-state index is 9.72. The molecule has 2 atom stereocenters. The Kier molecular flexibility index (Phi) is 5.76. The molecular formula is C15H21ClN4O. The smallest absolute Gasteiger partial charge is 0.0716 e. The first-order valence-electron chi connectivity index (χ1n) is 7.01. The van der Waals surface area contributed by atoms with Gasteiger partial charge in [-0.15, -0.1) is 12.4 Å². The average Bonchev–Trinajstić information content (AvgIpc) is 3.10. The molecule has 21 heavy (non-hydrogen) atoms. The highest BCUT2D eigenvalue weighted by molar-refractivity contribution is 5.85. The number of β-amino-alcohol motifs (C(OH)–C–C–N with tert-alkyl or cyclic N) is 1. The number of halogens is 1. The molecule has 0 bridgehead atoms. The van der Waals surface area contributed by atoms with Crippen LogP contribution in [0.15, 0.2) is 42.7 Å². The van der Waals surface area contributed by atoms with Crippen molar-refractivity contribution in [1.29, 1.82) is 0 Å². The molecule has 114 valence electrons. The normalized spacial score (nSPS) is 21.2. The quantitative estimate of drug-likeness (QED) is 0.770. The SMILES string of the molecule is Cl.OC1CNCC1CNCc1cnn(-c2ccccc2)c1. The minimum Gasteiger partial charge on any atom is -0.391 e. The van der Waals surface area contributed by atoms with Crippen LogP contribution in [0.2, 0.25) is 0 Å². The van der Waals surface area contributed by atoms with Gasteiger partial charge < -0.3 is 15.7 Å². The molecule has 1 saturated heterocycles. The minimum atomic E-state index is -0.227. The van der Waals surface area contributed by atoms with Gasteiger partial charge in [0.25, 0.3) is 0 Å². The van der Waals surface area contributed by atoms with Gasteiger partial charge in [-0.25, -0.2) is 4.68 Å². The van der Waals surface area contributed by atoms with E-state index in [0.29, 0.717) is 12.5 Å². The van der Waals surface area contributed by atoms with Crippen molar-refractivity contribution in [3.8, 4) is 5.69 Å². The highest BCUT2D eigenvalue weighted by atomic mass is 35.5. The lowest BCUT2D eigenvalue weighted by Crippen LogP contribution is -2.30. The summed E-state index contributed by atoms with van der Waals surface area (Å²) in [5, 5.41) is 20.7. The maximum Gasteiger partial charge on any atom is 0.0716 e. The number of aliphatic hydroxyl groups is 1. The summed E-state index contributed by atoms with van der Waals surface area (Å²) in [4.78, 5) is 0. The largest absolute Gasteiger partial charge is 0.391 e. The number of rotatable bonds is 5. The van der Waals surface area contributed by atoms with E-state index in [4.69, 9.17) is 0 Å². The van der Waals surface area contributed by atoms with E-state index in [0.717, 1.165) is 30.9 Å². The Balaban J connectivity index is 0.00000161. The van der Waals surface area contributed by atoms with E-state index in [1.807, 2.05) is 47.4 Å². The van der Waals surface area contributed by atoms with Gasteiger partial charge in [0.1, 0.15) is 0 Å². The van der Waals surface area contributed by atoms with Gasteiger partial charge in [-0.05, 0) is 12.1 Å². The lowest BCUT2D eigenvalue weighted by molar-refractivity contribution is 0.146. The zero-order valence-corrected chi connectivity index (χ0v) is 12.6. The monoisotopic (exact) mass is 308 g/mol. The molecule has 3 rings (SSSR count). The molecule has 2 heterocycles. The standard InChI is InChI=1S/C15H20N4O.ClH/c20-15-10-17-9-13(15)8-16-6-12-7-18-19(11-12)14-4-2-1-3-5-14;/h1-5,7,11,13,15-17,20H,6,8-10H2;1H. The van der Waals surface area contributed by atoms with Gasteiger partial charge >= 0.3 is 0 Å². The fourth-order valence-corrected chi connectivity index (χ4v) is 2.50. The molecular weight excluding hydrogens is 288 g/mol. The third kappa shape index (κ3) is 4.04. The Morgan fingerprint density at radius 1 is 1.29 bits per heavy atom. The zero-order valence-electron chi connectivity index (χ0n) is 11.8. The van der Waals surface area contributed by atoms with Crippen LogP contribution in [0.4, 0.5) is 0 Å². The fraction of sp³-hybridized carbons (Fsp3) is 0.400. The van der Waals surface area contributed by atoms with Gasteiger partial charge in [0.2, 0.25) is 0 Å². The molecule has 2 aromatic rings. The molecule has 1 aromatic heterocycles. The lowest BCUT2D eigenvalue weighted by Gasteiger charge is -2.13. The Hall–Kier alpha value is -1.40. The first-order chi connectivity index (χ1) is 9.83. The number of hydrogen-bond donors (Lipinski definition) is 3. The number of aliphatic hydroxyl groups excluding tert-OH is 1. The molecule has 2 unspecified atom stereocenters. The molecule has 1 aliphatic rings. The summed E-state index contributed by atoms with van der Waals surface area (Å²) in [6.45, 7) is 3.19. The van der Waals surface area contributed by atoms with Crippen LogP contribution in [0.25, 0.3) is 5.69 Å². The average molecular weight is 309 g/mol. The van der Waals surface area contributed by atoms with E-state index in [2.05, 4.69) is 15.7 Å². The summed E-state index contributed by atoms with van der Waals surface area (Å²) >= 11 is 0. The van der Waals surface area contributed by atoms with Crippen molar-refractivity contribution in [3.05, 3.63) is 48.3 Å². The Labute approximate surface area is 130 Å². The van der Waals surface area contributed by atoms with Crippen molar-refractivity contribution in [2.75, 3.05) is 19.6 Å². The van der Waals surface area contributed by atoms with Gasteiger partial charge in [0, 0.05) is 43.9 Å². The highest BCUT2D eigenvalue weighted by Crippen LogP contribution is 2.09. The zero-order chi connectivity index (χ0) is 13.8. The van der Waals surface area contributed by atoms with Gasteiger partial charge in [0.05, 0.1) is 18.0 Å². The van der Waals surface area contributed by atoms with Crippen LogP contribution >= 0.6 is 12.4 Å². The maximum absolute atomic E-state index is 9.72. The van der Waals surface area contributed by atoms with Crippen molar-refractivity contribution >= 4 is 12.4 Å². The number of aromatic nitrogens is 2. The van der Waals surface area contributed by atoms with Crippen molar-refractivity contribution < 1.29 is 5.11 Å². The van der Waals surface area contributed by atoms with Gasteiger partial charge in [-0.2, -0.15) is 5.10 Å². The lowest BCUT2D eigenvalue weighted by atomic mass is 10.1. The van der Waals surface area contributed by atoms with E-state index >= 15 is 0 Å². The third-order valence-electron chi connectivity index (χ3n) is 3.70. The third-order valence-corrected chi connectivity index (χ3v) is 3.70. The molecule has 1 fully saturated rings. The number of para-hydroxylation sites is 1. The van der Waals surface area contributed by atoms with Crippen LogP contribution in [-0.4, -0.2) is 40.6 Å². The van der Waals surface area contributed by atoms with Crippen LogP contribution < -0.4 is 10.6 Å². The molecule has 0 amide bonds. The minimum absolute atomic E-state index is 0. The molecule has 5 nitrogen and oxygen atoms in total. The van der Waals surface area contributed by atoms with Crippen LogP contribution in [0.5, 0.6) is 0 Å². The molecule has 6 heteroatoms. The van der Waals surface area contributed by atoms with Crippen LogP contribution in [0.3, 0.4) is 0 Å². The number of hydrogen-bond acceptors (Lipinski definition) is 4. The van der Waals surface area contributed by atoms with E-state index in [-0.39, 0.29) is 18.5 Å². The first-order valence-corrected chi connectivity index (χ1v) is 7.01. The van der Waals surface area contributed by atoms with E-state index in [1.165, 1.54) is 0 Å². The molecule has 1 aromatic carbocycles. The van der Waals surface area contributed by atoms with Crippen LogP contribution in [0.1, 0.15) is 5.56 Å². The summed E-state index contributed by atoms with van der Waals surface area (Å²) in [5.41, 5.74) is 2.21. The number of nitrogens with zero attached hydrogens (tertiary/aromatic N) is 2. The second-order valence-corrected chi connectivity index (χ2v) is 5.25. The second-order valence-electron chi connectivity index (χ2n) is 5.25. The predicted octanol–water partition coefficient (Wildman–Crippen LogP) is 0.964. The number of benzene rings is 1. The molecule has 1 aliphatic heterocycles.